The molecule has 156 valence electrons. The Labute approximate surface area is 171 Å². The minimum atomic E-state index is -2.02. The van der Waals surface area contributed by atoms with Crippen LogP contribution in [-0.4, -0.2) is 40.0 Å². The molecule has 1 saturated heterocycles. The number of aryl methyl sites for hydroxylation is 1. The Morgan fingerprint density at radius 1 is 0.931 bits per heavy atom. The van der Waals surface area contributed by atoms with Gasteiger partial charge in [0.15, 0.2) is 12.5 Å². The molecule has 1 heterocycles. The monoisotopic (exact) mass is 400 g/mol. The molecule has 1 aliphatic carbocycles. The Hall–Kier alpha value is -1.79. The van der Waals surface area contributed by atoms with Gasteiger partial charge >= 0.3 is 0 Å². The topological polar surface area (TPSA) is 69.9 Å². The van der Waals surface area contributed by atoms with Gasteiger partial charge in [-0.25, -0.2) is 4.39 Å². The number of hydrogen-bond donors (Lipinski definition) is 3. The number of ether oxygens (including phenoxy) is 1. The highest BCUT2D eigenvalue weighted by atomic mass is 19.1. The zero-order valence-corrected chi connectivity index (χ0v) is 16.7. The van der Waals surface area contributed by atoms with E-state index in [9.17, 15) is 19.7 Å². The quantitative estimate of drug-likeness (QED) is 0.696. The molecule has 0 radical (unpaired) electrons. The first-order chi connectivity index (χ1) is 14.0. The van der Waals surface area contributed by atoms with Gasteiger partial charge < -0.3 is 20.1 Å². The molecular formula is C24H29FO4. The van der Waals surface area contributed by atoms with Crippen LogP contribution in [0.4, 0.5) is 4.39 Å². The van der Waals surface area contributed by atoms with Crippen LogP contribution in [0.15, 0.2) is 42.5 Å². The smallest absolute Gasteiger partial charge is 0.189 e. The van der Waals surface area contributed by atoms with E-state index in [2.05, 4.69) is 31.2 Å². The molecule has 2 fully saturated rings. The minimum absolute atomic E-state index is 0.641. The van der Waals surface area contributed by atoms with E-state index >= 15 is 0 Å². The Kier molecular flexibility index (Phi) is 6.02. The number of benzene rings is 2. The standard InChI is InChI=1S/C24H29FO4/c1-2-14-3-5-16(6-4-14)12-19-13-18(10-9-17(19)11-15-7-8-15)23-22(27)21(26)20(25)24(28)29-23/h3-6,9-10,13,15,20-24,26-28H,2,7-8,11-12H2,1H3/t20?,21-,22+,23-,24-/m0/s1. The van der Waals surface area contributed by atoms with Gasteiger partial charge in [-0.2, -0.15) is 0 Å². The van der Waals surface area contributed by atoms with Crippen molar-refractivity contribution in [3.8, 4) is 0 Å². The molecule has 5 heteroatoms. The van der Waals surface area contributed by atoms with Gasteiger partial charge in [-0.05, 0) is 65.8 Å². The van der Waals surface area contributed by atoms with E-state index in [1.54, 1.807) is 0 Å². The third-order valence-electron chi connectivity index (χ3n) is 6.13. The SMILES string of the molecule is CCc1ccc(Cc2cc([C@@H]3O[C@H](O)C(F)[C@H](O)[C@H]3O)ccc2CC2CC2)cc1. The van der Waals surface area contributed by atoms with Gasteiger partial charge in [0, 0.05) is 0 Å². The minimum Gasteiger partial charge on any atom is -0.387 e. The lowest BCUT2D eigenvalue weighted by Crippen LogP contribution is -2.52. The first kappa shape index (κ1) is 20.5. The fourth-order valence-electron chi connectivity index (χ4n) is 4.05. The number of aliphatic hydroxyl groups is 3. The van der Waals surface area contributed by atoms with Crippen LogP contribution in [0.25, 0.3) is 0 Å². The Bertz CT molecular complexity index is 833. The third kappa shape index (κ3) is 4.53. The van der Waals surface area contributed by atoms with Crippen molar-refractivity contribution in [3.05, 3.63) is 70.3 Å². The zero-order chi connectivity index (χ0) is 20.5. The fraction of sp³-hybridized carbons (Fsp3) is 0.500. The maximum absolute atomic E-state index is 13.8. The predicted molar refractivity (Wildman–Crippen MR) is 108 cm³/mol. The van der Waals surface area contributed by atoms with Crippen molar-refractivity contribution in [1.29, 1.82) is 0 Å². The first-order valence-electron chi connectivity index (χ1n) is 10.5. The lowest BCUT2D eigenvalue weighted by Gasteiger charge is -2.37. The van der Waals surface area contributed by atoms with Crippen LogP contribution >= 0.6 is 0 Å². The highest BCUT2D eigenvalue weighted by molar-refractivity contribution is 5.39. The summed E-state index contributed by atoms with van der Waals surface area (Å²) in [5, 5.41) is 30.0. The molecule has 2 aromatic carbocycles. The molecule has 2 aliphatic rings. The third-order valence-corrected chi connectivity index (χ3v) is 6.13. The lowest BCUT2D eigenvalue weighted by molar-refractivity contribution is -0.268. The van der Waals surface area contributed by atoms with Crippen molar-refractivity contribution in [1.82, 2.24) is 0 Å². The molecule has 0 spiro atoms. The summed E-state index contributed by atoms with van der Waals surface area (Å²) in [6.07, 6.45) is -2.57. The van der Waals surface area contributed by atoms with Gasteiger partial charge in [0.05, 0.1) is 0 Å². The van der Waals surface area contributed by atoms with Crippen molar-refractivity contribution in [2.75, 3.05) is 0 Å². The van der Waals surface area contributed by atoms with E-state index in [1.807, 2.05) is 18.2 Å². The molecule has 3 N–H and O–H groups in total. The Morgan fingerprint density at radius 3 is 2.28 bits per heavy atom. The zero-order valence-electron chi connectivity index (χ0n) is 16.7. The normalized spacial score (nSPS) is 29.8. The molecule has 29 heavy (non-hydrogen) atoms. The number of halogens is 1. The predicted octanol–water partition coefficient (Wildman–Crippen LogP) is 3.24. The van der Waals surface area contributed by atoms with E-state index in [1.165, 1.54) is 29.5 Å². The van der Waals surface area contributed by atoms with Crippen molar-refractivity contribution in [3.63, 3.8) is 0 Å². The van der Waals surface area contributed by atoms with E-state index in [0.29, 0.717) is 5.56 Å². The van der Waals surface area contributed by atoms with Crippen molar-refractivity contribution >= 4 is 0 Å². The summed E-state index contributed by atoms with van der Waals surface area (Å²) >= 11 is 0. The lowest BCUT2D eigenvalue weighted by atomic mass is 9.89. The van der Waals surface area contributed by atoms with Crippen LogP contribution in [0, 0.1) is 5.92 Å². The number of alkyl halides is 1. The summed E-state index contributed by atoms with van der Waals surface area (Å²) in [6, 6.07) is 14.4. The molecule has 4 nitrogen and oxygen atoms in total. The van der Waals surface area contributed by atoms with E-state index in [0.717, 1.165) is 30.7 Å². The summed E-state index contributed by atoms with van der Waals surface area (Å²) < 4.78 is 19.1. The number of rotatable bonds is 6. The second kappa shape index (κ2) is 8.52. The second-order valence-corrected chi connectivity index (χ2v) is 8.40. The highest BCUT2D eigenvalue weighted by Gasteiger charge is 2.44. The molecule has 0 bridgehead atoms. The van der Waals surface area contributed by atoms with Gasteiger partial charge in [0.2, 0.25) is 0 Å². The average molecular weight is 400 g/mol. The molecule has 1 saturated carbocycles. The van der Waals surface area contributed by atoms with Crippen LogP contribution < -0.4 is 0 Å². The summed E-state index contributed by atoms with van der Waals surface area (Å²) in [7, 11) is 0. The molecule has 0 aromatic heterocycles. The summed E-state index contributed by atoms with van der Waals surface area (Å²) in [5.41, 5.74) is 5.54. The van der Waals surface area contributed by atoms with E-state index < -0.39 is 30.8 Å². The van der Waals surface area contributed by atoms with Gasteiger partial charge in [-0.3, -0.25) is 0 Å². The number of hydrogen-bond acceptors (Lipinski definition) is 4. The highest BCUT2D eigenvalue weighted by Crippen LogP contribution is 2.37. The molecule has 0 amide bonds. The molecule has 4 rings (SSSR count). The average Bonchev–Trinajstić information content (AvgIpc) is 3.55. The van der Waals surface area contributed by atoms with Crippen LogP contribution in [0.5, 0.6) is 0 Å². The molecule has 1 aliphatic heterocycles. The van der Waals surface area contributed by atoms with Crippen LogP contribution in [0.2, 0.25) is 0 Å². The van der Waals surface area contributed by atoms with Gasteiger partial charge in [0.1, 0.15) is 18.3 Å². The van der Waals surface area contributed by atoms with Gasteiger partial charge in [0.25, 0.3) is 0 Å². The van der Waals surface area contributed by atoms with E-state index in [4.69, 9.17) is 4.74 Å². The van der Waals surface area contributed by atoms with Crippen LogP contribution in [0.1, 0.15) is 53.7 Å². The van der Waals surface area contributed by atoms with Crippen molar-refractivity contribution < 1.29 is 24.4 Å². The fourth-order valence-corrected chi connectivity index (χ4v) is 4.05. The largest absolute Gasteiger partial charge is 0.387 e. The van der Waals surface area contributed by atoms with Crippen molar-refractivity contribution in [2.45, 2.75) is 69.8 Å². The molecule has 5 atom stereocenters. The molecule has 1 unspecified atom stereocenters. The number of aliphatic hydroxyl groups excluding tert-OH is 3. The summed E-state index contributed by atoms with van der Waals surface area (Å²) in [5.74, 6) is 0.731. The van der Waals surface area contributed by atoms with Crippen molar-refractivity contribution in [2.24, 2.45) is 5.92 Å². The molecule has 2 aromatic rings. The maximum Gasteiger partial charge on any atom is 0.189 e. The van der Waals surface area contributed by atoms with Gasteiger partial charge in [-0.1, -0.05) is 49.4 Å². The maximum atomic E-state index is 13.8. The Morgan fingerprint density at radius 2 is 1.62 bits per heavy atom. The van der Waals surface area contributed by atoms with E-state index in [-0.39, 0.29) is 0 Å². The van der Waals surface area contributed by atoms with Crippen LogP contribution in [0.3, 0.4) is 0 Å². The van der Waals surface area contributed by atoms with Gasteiger partial charge in [-0.15, -0.1) is 0 Å². The Balaban J connectivity index is 1.62. The molecular weight excluding hydrogens is 371 g/mol. The first-order valence-corrected chi connectivity index (χ1v) is 10.5. The summed E-state index contributed by atoms with van der Waals surface area (Å²) in [4.78, 5) is 0. The van der Waals surface area contributed by atoms with Crippen LogP contribution in [-0.2, 0) is 24.0 Å². The second-order valence-electron chi connectivity index (χ2n) is 8.40. The summed E-state index contributed by atoms with van der Waals surface area (Å²) in [6.45, 7) is 2.13.